The van der Waals surface area contributed by atoms with Gasteiger partial charge >= 0.3 is 5.97 Å². The van der Waals surface area contributed by atoms with Gasteiger partial charge in [0.2, 0.25) is 0 Å². The lowest BCUT2D eigenvalue weighted by molar-refractivity contribution is 0.0697. The molecule has 0 amide bonds. The molecular formula is C13H7Cl2NO3. The number of carbonyl (C=O) groups is 1. The average molecular weight is 296 g/mol. The Bertz CT molecular complexity index is 701. The summed E-state index contributed by atoms with van der Waals surface area (Å²) in [5.74, 6) is -0.0910. The summed E-state index contributed by atoms with van der Waals surface area (Å²) in [6.45, 7) is 0. The molecule has 0 fully saturated rings. The summed E-state index contributed by atoms with van der Waals surface area (Å²) < 4.78 is 5.64. The lowest BCUT2D eigenvalue weighted by Crippen LogP contribution is -2.08. The van der Waals surface area contributed by atoms with E-state index >= 15 is 0 Å². The molecule has 0 aliphatic carbocycles. The molecule has 4 nitrogen and oxygen atoms in total. The molecule has 0 saturated carbocycles. The Morgan fingerprint density at radius 1 is 1.16 bits per heavy atom. The fourth-order valence-electron chi connectivity index (χ4n) is 1.89. The van der Waals surface area contributed by atoms with Crippen molar-refractivity contribution < 1.29 is 14.6 Å². The zero-order chi connectivity index (χ0) is 13.6. The van der Waals surface area contributed by atoms with Crippen LogP contribution in [0.5, 0.6) is 11.5 Å². The zero-order valence-electron chi connectivity index (χ0n) is 9.41. The van der Waals surface area contributed by atoms with E-state index < -0.39 is 5.97 Å². The van der Waals surface area contributed by atoms with Crippen molar-refractivity contribution in [2.45, 2.75) is 0 Å². The van der Waals surface area contributed by atoms with Crippen molar-refractivity contribution in [3.8, 4) is 11.5 Å². The van der Waals surface area contributed by atoms with Crippen molar-refractivity contribution >= 4 is 40.5 Å². The first-order valence-corrected chi connectivity index (χ1v) is 6.12. The molecule has 2 aromatic rings. The van der Waals surface area contributed by atoms with Crippen LogP contribution >= 0.6 is 23.2 Å². The summed E-state index contributed by atoms with van der Waals surface area (Å²) in [5, 5.41) is 12.9. The third-order valence-electron chi connectivity index (χ3n) is 2.76. The van der Waals surface area contributed by atoms with Crippen LogP contribution in [0, 0.1) is 0 Å². The third-order valence-corrected chi connectivity index (χ3v) is 3.48. The van der Waals surface area contributed by atoms with E-state index in [4.69, 9.17) is 33.0 Å². The van der Waals surface area contributed by atoms with Crippen molar-refractivity contribution in [1.29, 1.82) is 0 Å². The molecule has 0 bridgehead atoms. The number of nitrogens with one attached hydrogen (secondary N) is 1. The maximum atomic E-state index is 11.2. The monoisotopic (exact) mass is 295 g/mol. The van der Waals surface area contributed by atoms with Crippen LogP contribution in [0.4, 0.5) is 11.4 Å². The van der Waals surface area contributed by atoms with Crippen molar-refractivity contribution in [2.75, 3.05) is 5.32 Å². The minimum absolute atomic E-state index is 0.134. The molecule has 0 saturated heterocycles. The van der Waals surface area contributed by atoms with Gasteiger partial charge in [0.1, 0.15) is 0 Å². The zero-order valence-corrected chi connectivity index (χ0v) is 10.9. The molecule has 1 aliphatic heterocycles. The van der Waals surface area contributed by atoms with Crippen LogP contribution in [0.15, 0.2) is 30.3 Å². The Balaban J connectivity index is 2.14. The summed E-state index contributed by atoms with van der Waals surface area (Å²) in [5.41, 5.74) is 1.12. The SMILES string of the molecule is O=C(O)c1cccc2c1Nc1cc(Cl)c(Cl)cc1O2. The van der Waals surface area contributed by atoms with Gasteiger partial charge < -0.3 is 15.2 Å². The van der Waals surface area contributed by atoms with Crippen molar-refractivity contribution in [3.05, 3.63) is 45.9 Å². The number of halogens is 2. The fourth-order valence-corrected chi connectivity index (χ4v) is 2.20. The van der Waals surface area contributed by atoms with Crippen molar-refractivity contribution in [2.24, 2.45) is 0 Å². The molecule has 0 aromatic heterocycles. The van der Waals surface area contributed by atoms with Gasteiger partial charge in [-0.1, -0.05) is 29.3 Å². The number of carboxylic acids is 1. The van der Waals surface area contributed by atoms with Gasteiger partial charge in [-0.25, -0.2) is 4.79 Å². The minimum atomic E-state index is -1.03. The van der Waals surface area contributed by atoms with E-state index in [0.717, 1.165) is 0 Å². The maximum absolute atomic E-state index is 11.2. The molecule has 2 aromatic carbocycles. The number of aromatic carboxylic acids is 1. The van der Waals surface area contributed by atoms with E-state index in [9.17, 15) is 4.79 Å². The second-order valence-corrected chi connectivity index (χ2v) is 4.79. The van der Waals surface area contributed by atoms with Crippen LogP contribution in [0.2, 0.25) is 10.0 Å². The number of carboxylic acid groups (broad SMARTS) is 1. The molecule has 2 N–H and O–H groups in total. The van der Waals surface area contributed by atoms with Crippen LogP contribution < -0.4 is 10.1 Å². The van der Waals surface area contributed by atoms with Gasteiger partial charge in [0, 0.05) is 6.07 Å². The van der Waals surface area contributed by atoms with Crippen LogP contribution in [0.25, 0.3) is 0 Å². The molecule has 6 heteroatoms. The van der Waals surface area contributed by atoms with E-state index in [-0.39, 0.29) is 5.56 Å². The summed E-state index contributed by atoms with van der Waals surface area (Å²) in [4.78, 5) is 11.2. The highest BCUT2D eigenvalue weighted by atomic mass is 35.5. The normalized spacial score (nSPS) is 11.9. The Kier molecular flexibility index (Phi) is 2.77. The Morgan fingerprint density at radius 2 is 1.89 bits per heavy atom. The second kappa shape index (κ2) is 4.33. The quantitative estimate of drug-likeness (QED) is 0.692. The molecule has 0 atom stereocenters. The maximum Gasteiger partial charge on any atom is 0.337 e. The number of ether oxygens (including phenoxy) is 1. The van der Waals surface area contributed by atoms with Crippen LogP contribution in [-0.2, 0) is 0 Å². The molecule has 0 unspecified atom stereocenters. The van der Waals surface area contributed by atoms with Gasteiger partial charge in [-0.2, -0.15) is 0 Å². The number of para-hydroxylation sites is 1. The Morgan fingerprint density at radius 3 is 2.63 bits per heavy atom. The average Bonchev–Trinajstić information content (AvgIpc) is 2.37. The molecular weight excluding hydrogens is 289 g/mol. The second-order valence-electron chi connectivity index (χ2n) is 3.97. The third kappa shape index (κ3) is 1.99. The van der Waals surface area contributed by atoms with E-state index in [1.165, 1.54) is 6.07 Å². The number of fused-ring (bicyclic) bond motifs is 2. The molecule has 1 heterocycles. The van der Waals surface area contributed by atoms with E-state index in [1.54, 1.807) is 24.3 Å². The van der Waals surface area contributed by atoms with Gasteiger partial charge in [0.15, 0.2) is 11.5 Å². The smallest absolute Gasteiger partial charge is 0.337 e. The predicted molar refractivity (Wildman–Crippen MR) is 73.2 cm³/mol. The topological polar surface area (TPSA) is 58.6 Å². The first kappa shape index (κ1) is 12.1. The lowest BCUT2D eigenvalue weighted by atomic mass is 10.1. The standard InChI is InChI=1S/C13H7Cl2NO3/c14-7-4-9-11(5-8(7)15)19-10-3-1-2-6(13(17)18)12(10)16-9/h1-5,16H,(H,17,18). The highest BCUT2D eigenvalue weighted by Crippen LogP contribution is 2.46. The summed E-state index contributed by atoms with van der Waals surface area (Å²) >= 11 is 11.9. The summed E-state index contributed by atoms with van der Waals surface area (Å²) in [6, 6.07) is 7.98. The number of anilines is 2. The molecule has 19 heavy (non-hydrogen) atoms. The van der Waals surface area contributed by atoms with Crippen molar-refractivity contribution in [3.63, 3.8) is 0 Å². The van der Waals surface area contributed by atoms with Gasteiger partial charge in [-0.15, -0.1) is 0 Å². The van der Waals surface area contributed by atoms with Gasteiger partial charge in [0.25, 0.3) is 0 Å². The molecule has 0 radical (unpaired) electrons. The fraction of sp³-hybridized carbons (Fsp3) is 0. The molecule has 0 spiro atoms. The summed E-state index contributed by atoms with van der Waals surface area (Å²) in [6.07, 6.45) is 0. The Hall–Kier alpha value is -1.91. The van der Waals surface area contributed by atoms with E-state index in [1.807, 2.05) is 0 Å². The summed E-state index contributed by atoms with van der Waals surface area (Å²) in [7, 11) is 0. The highest BCUT2D eigenvalue weighted by molar-refractivity contribution is 6.42. The Labute approximate surface area is 118 Å². The number of hydrogen-bond donors (Lipinski definition) is 2. The van der Waals surface area contributed by atoms with Gasteiger partial charge in [0.05, 0.1) is 27.0 Å². The number of hydrogen-bond acceptors (Lipinski definition) is 3. The van der Waals surface area contributed by atoms with E-state index in [2.05, 4.69) is 5.32 Å². The van der Waals surface area contributed by atoms with Crippen molar-refractivity contribution in [1.82, 2.24) is 0 Å². The highest BCUT2D eigenvalue weighted by Gasteiger charge is 2.22. The van der Waals surface area contributed by atoms with E-state index in [0.29, 0.717) is 32.9 Å². The number of benzene rings is 2. The predicted octanol–water partition coefficient (Wildman–Crippen LogP) is 4.54. The first-order chi connectivity index (χ1) is 9.06. The molecule has 1 aliphatic rings. The largest absolute Gasteiger partial charge is 0.478 e. The van der Waals surface area contributed by atoms with Crippen LogP contribution in [0.3, 0.4) is 0 Å². The minimum Gasteiger partial charge on any atom is -0.478 e. The molecule has 3 rings (SSSR count). The lowest BCUT2D eigenvalue weighted by Gasteiger charge is -2.23. The number of rotatable bonds is 1. The molecule has 96 valence electrons. The van der Waals surface area contributed by atoms with Crippen LogP contribution in [0.1, 0.15) is 10.4 Å². The van der Waals surface area contributed by atoms with Gasteiger partial charge in [-0.05, 0) is 18.2 Å². The first-order valence-electron chi connectivity index (χ1n) is 5.36. The van der Waals surface area contributed by atoms with Crippen LogP contribution in [-0.4, -0.2) is 11.1 Å². The van der Waals surface area contributed by atoms with Gasteiger partial charge in [-0.3, -0.25) is 0 Å².